The average molecular weight is 327 g/mol. The topological polar surface area (TPSA) is 72.7 Å². The van der Waals surface area contributed by atoms with Crippen molar-refractivity contribution in [3.8, 4) is 11.4 Å². The van der Waals surface area contributed by atoms with Crippen LogP contribution in [-0.4, -0.2) is 31.0 Å². The van der Waals surface area contributed by atoms with Gasteiger partial charge in [-0.15, -0.1) is 0 Å². The number of alkyl halides is 2. The number of aromatic nitrogens is 4. The van der Waals surface area contributed by atoms with Crippen LogP contribution in [0.4, 0.5) is 13.9 Å². The number of hydrogen-bond acceptors (Lipinski definition) is 5. The third kappa shape index (κ3) is 3.29. The number of halogens is 2. The van der Waals surface area contributed by atoms with Gasteiger partial charge in [-0.3, -0.25) is 9.48 Å². The van der Waals surface area contributed by atoms with E-state index in [2.05, 4.69) is 19.8 Å². The van der Waals surface area contributed by atoms with Gasteiger partial charge in [0.2, 0.25) is 17.0 Å². The molecule has 0 saturated heterocycles. The smallest absolute Gasteiger partial charge is 0.248 e. The van der Waals surface area contributed by atoms with E-state index >= 15 is 0 Å². The summed E-state index contributed by atoms with van der Waals surface area (Å²) in [5.41, 5.74) is 0.761. The van der Waals surface area contributed by atoms with Gasteiger partial charge >= 0.3 is 0 Å². The number of nitrogens with one attached hydrogen (secondary N) is 1. The van der Waals surface area contributed by atoms with Gasteiger partial charge < -0.3 is 5.32 Å². The summed E-state index contributed by atoms with van der Waals surface area (Å²) in [7, 11) is 1.79. The van der Waals surface area contributed by atoms with E-state index in [0.717, 1.165) is 17.1 Å². The molecule has 1 aliphatic rings. The van der Waals surface area contributed by atoms with E-state index in [1.807, 2.05) is 0 Å². The molecule has 2 aromatic rings. The van der Waals surface area contributed by atoms with Gasteiger partial charge in [0, 0.05) is 43.5 Å². The predicted octanol–water partition coefficient (Wildman–Crippen LogP) is 2.70. The zero-order chi connectivity index (χ0) is 15.7. The molecule has 118 valence electrons. The van der Waals surface area contributed by atoms with Gasteiger partial charge in [0.05, 0.1) is 11.8 Å². The van der Waals surface area contributed by atoms with Gasteiger partial charge in [0.25, 0.3) is 0 Å². The van der Waals surface area contributed by atoms with E-state index in [0.29, 0.717) is 11.0 Å². The van der Waals surface area contributed by atoms with Crippen molar-refractivity contribution in [3.05, 3.63) is 12.4 Å². The Hall–Kier alpha value is -1.90. The highest BCUT2D eigenvalue weighted by Gasteiger charge is 2.37. The number of aryl methyl sites for hydroxylation is 1. The van der Waals surface area contributed by atoms with E-state index in [1.54, 1.807) is 24.1 Å². The first kappa shape index (κ1) is 15.0. The summed E-state index contributed by atoms with van der Waals surface area (Å²) < 4.78 is 32.0. The lowest BCUT2D eigenvalue weighted by Crippen LogP contribution is -2.31. The van der Waals surface area contributed by atoms with E-state index in [-0.39, 0.29) is 37.5 Å². The molecule has 0 bridgehead atoms. The van der Waals surface area contributed by atoms with Gasteiger partial charge in [-0.05, 0) is 12.8 Å². The van der Waals surface area contributed by atoms with E-state index in [1.165, 1.54) is 0 Å². The maximum absolute atomic E-state index is 13.1. The van der Waals surface area contributed by atoms with Crippen LogP contribution in [0.25, 0.3) is 11.4 Å². The van der Waals surface area contributed by atoms with Crippen molar-refractivity contribution in [1.82, 2.24) is 19.1 Å². The van der Waals surface area contributed by atoms with E-state index in [9.17, 15) is 13.6 Å². The number of carbonyl (C=O) groups is 1. The fraction of sp³-hybridized carbons (Fsp3) is 0.538. The lowest BCUT2D eigenvalue weighted by Gasteiger charge is -2.26. The molecule has 0 radical (unpaired) electrons. The Labute approximate surface area is 129 Å². The van der Waals surface area contributed by atoms with Crippen LogP contribution < -0.4 is 5.32 Å². The largest absolute Gasteiger partial charge is 0.300 e. The van der Waals surface area contributed by atoms with Crippen LogP contribution >= 0.6 is 11.5 Å². The lowest BCUT2D eigenvalue weighted by atomic mass is 9.86. The minimum atomic E-state index is -2.63. The molecule has 0 atom stereocenters. The normalized spacial score (nSPS) is 18.3. The number of carbonyl (C=O) groups excluding carboxylic acids is 1. The molecule has 2 aromatic heterocycles. The molecule has 1 fully saturated rings. The van der Waals surface area contributed by atoms with Crippen molar-refractivity contribution in [3.63, 3.8) is 0 Å². The molecule has 0 spiro atoms. The van der Waals surface area contributed by atoms with Gasteiger partial charge in [-0.1, -0.05) is 0 Å². The average Bonchev–Trinajstić information content (AvgIpc) is 3.07. The first-order chi connectivity index (χ1) is 10.4. The van der Waals surface area contributed by atoms with Crippen molar-refractivity contribution in [2.45, 2.75) is 31.6 Å². The van der Waals surface area contributed by atoms with Crippen LogP contribution in [0.3, 0.4) is 0 Å². The highest BCUT2D eigenvalue weighted by molar-refractivity contribution is 7.10. The molecule has 22 heavy (non-hydrogen) atoms. The Morgan fingerprint density at radius 1 is 1.45 bits per heavy atom. The second-order valence-corrected chi connectivity index (χ2v) is 6.20. The van der Waals surface area contributed by atoms with Crippen LogP contribution in [0.1, 0.15) is 25.7 Å². The lowest BCUT2D eigenvalue weighted by molar-refractivity contribution is -0.124. The molecule has 1 aliphatic carbocycles. The molecule has 1 amide bonds. The first-order valence-corrected chi connectivity index (χ1v) is 7.72. The third-order valence-corrected chi connectivity index (χ3v) is 4.34. The van der Waals surface area contributed by atoms with E-state index < -0.39 is 5.92 Å². The second-order valence-electron chi connectivity index (χ2n) is 5.45. The van der Waals surface area contributed by atoms with Crippen LogP contribution in [0.2, 0.25) is 0 Å². The zero-order valence-corrected chi connectivity index (χ0v) is 12.7. The minimum absolute atomic E-state index is 0.201. The van der Waals surface area contributed by atoms with Crippen LogP contribution in [0, 0.1) is 5.92 Å². The second kappa shape index (κ2) is 5.71. The molecule has 0 unspecified atom stereocenters. The van der Waals surface area contributed by atoms with Crippen LogP contribution in [0.15, 0.2) is 12.4 Å². The summed E-state index contributed by atoms with van der Waals surface area (Å²) in [5.74, 6) is -2.79. The number of anilines is 1. The van der Waals surface area contributed by atoms with Crippen LogP contribution in [0.5, 0.6) is 0 Å². The molecule has 0 aliphatic heterocycles. The summed E-state index contributed by atoms with van der Waals surface area (Å²) in [6, 6.07) is 0. The van der Waals surface area contributed by atoms with Crippen molar-refractivity contribution in [1.29, 1.82) is 0 Å². The highest BCUT2D eigenvalue weighted by atomic mass is 32.1. The first-order valence-electron chi connectivity index (χ1n) is 6.94. The molecular weight excluding hydrogens is 312 g/mol. The quantitative estimate of drug-likeness (QED) is 0.941. The fourth-order valence-electron chi connectivity index (χ4n) is 2.44. The maximum atomic E-state index is 13.1. The summed E-state index contributed by atoms with van der Waals surface area (Å²) in [4.78, 5) is 16.3. The number of hydrogen-bond donors (Lipinski definition) is 1. The molecule has 3 rings (SSSR count). The van der Waals surface area contributed by atoms with Crippen molar-refractivity contribution in [2.24, 2.45) is 13.0 Å². The summed E-state index contributed by atoms with van der Waals surface area (Å²) in [6.07, 6.45) is 3.35. The Balaban J connectivity index is 1.62. The number of amides is 1. The van der Waals surface area contributed by atoms with Gasteiger partial charge in [0.1, 0.15) is 0 Å². The molecule has 1 N–H and O–H groups in total. The summed E-state index contributed by atoms with van der Waals surface area (Å²) >= 11 is 1.07. The monoisotopic (exact) mass is 327 g/mol. The van der Waals surface area contributed by atoms with E-state index in [4.69, 9.17) is 0 Å². The van der Waals surface area contributed by atoms with Crippen molar-refractivity contribution >= 4 is 22.6 Å². The van der Waals surface area contributed by atoms with Crippen molar-refractivity contribution < 1.29 is 13.6 Å². The van der Waals surface area contributed by atoms with Gasteiger partial charge in [-0.2, -0.15) is 14.5 Å². The minimum Gasteiger partial charge on any atom is -0.300 e. The molecule has 0 aromatic carbocycles. The number of nitrogens with zero attached hydrogens (tertiary/aromatic N) is 4. The molecule has 1 saturated carbocycles. The highest BCUT2D eigenvalue weighted by Crippen LogP contribution is 2.36. The van der Waals surface area contributed by atoms with Gasteiger partial charge in [0.15, 0.2) is 5.82 Å². The molecule has 9 heteroatoms. The standard InChI is InChI=1S/C13H15F2N5OS/c1-20-7-9(6-16-20)10-17-12(22-19-10)18-11(21)8-2-4-13(14,15)5-3-8/h6-8H,2-5H2,1H3,(H,17,18,19,21). The molecular formula is C13H15F2N5OS. The van der Waals surface area contributed by atoms with Gasteiger partial charge in [-0.25, -0.2) is 8.78 Å². The Bertz CT molecular complexity index is 674. The summed E-state index contributed by atoms with van der Waals surface area (Å²) in [6.45, 7) is 0. The third-order valence-electron chi connectivity index (χ3n) is 3.71. The van der Waals surface area contributed by atoms with Crippen LogP contribution in [-0.2, 0) is 11.8 Å². The Morgan fingerprint density at radius 3 is 2.82 bits per heavy atom. The Kier molecular flexibility index (Phi) is 3.90. The predicted molar refractivity (Wildman–Crippen MR) is 77.6 cm³/mol. The zero-order valence-electron chi connectivity index (χ0n) is 11.9. The maximum Gasteiger partial charge on any atom is 0.248 e. The Morgan fingerprint density at radius 2 is 2.18 bits per heavy atom. The SMILES string of the molecule is Cn1cc(-c2nsc(NC(=O)C3CCC(F)(F)CC3)n2)cn1. The molecule has 2 heterocycles. The summed E-state index contributed by atoms with van der Waals surface area (Å²) in [5, 5.41) is 7.08. The molecule has 6 nitrogen and oxygen atoms in total. The number of rotatable bonds is 3. The van der Waals surface area contributed by atoms with Crippen molar-refractivity contribution in [2.75, 3.05) is 5.32 Å². The fourth-order valence-corrected chi connectivity index (χ4v) is 3.03.